The summed E-state index contributed by atoms with van der Waals surface area (Å²) < 4.78 is 0. The fraction of sp³-hybridized carbons (Fsp3) is 0.438. The summed E-state index contributed by atoms with van der Waals surface area (Å²) in [5.41, 5.74) is 2.47. The Bertz CT molecular complexity index is 574. The third kappa shape index (κ3) is 6.88. The minimum Gasteiger partial charge on any atom is -0.386 e. The maximum absolute atomic E-state index is 11.7. The van der Waals surface area contributed by atoms with Crippen LogP contribution in [0.2, 0.25) is 0 Å². The summed E-state index contributed by atoms with van der Waals surface area (Å²) in [6, 6.07) is 5.71. The van der Waals surface area contributed by atoms with E-state index in [0.717, 1.165) is 17.3 Å². The largest absolute Gasteiger partial charge is 0.386 e. The van der Waals surface area contributed by atoms with Crippen LogP contribution in [0.3, 0.4) is 0 Å². The van der Waals surface area contributed by atoms with Gasteiger partial charge in [0.25, 0.3) is 11.8 Å². The standard InChI is InChI=1S/C16H23N3O3/c1-11-6-7-13(12(2)8-11)18-14(20)9-17-22-10-15(21)19-16(3,4)5/h6-9H,10H2,1-5H3,(H,18,20)(H,19,21)/b17-9-. The van der Waals surface area contributed by atoms with E-state index in [9.17, 15) is 9.59 Å². The second-order valence-electron chi connectivity index (χ2n) is 6.11. The number of carbonyl (C=O) groups excluding carboxylic acids is 2. The summed E-state index contributed by atoms with van der Waals surface area (Å²) in [7, 11) is 0. The van der Waals surface area contributed by atoms with Crippen LogP contribution >= 0.6 is 0 Å². The van der Waals surface area contributed by atoms with Crippen LogP contribution in [0.5, 0.6) is 0 Å². The molecule has 0 aliphatic rings. The van der Waals surface area contributed by atoms with Crippen LogP contribution in [0, 0.1) is 13.8 Å². The molecule has 0 radical (unpaired) electrons. The number of nitrogens with one attached hydrogen (secondary N) is 2. The summed E-state index contributed by atoms with van der Waals surface area (Å²) in [4.78, 5) is 27.9. The van der Waals surface area contributed by atoms with Gasteiger partial charge in [-0.2, -0.15) is 0 Å². The van der Waals surface area contributed by atoms with Gasteiger partial charge in [0.2, 0.25) is 0 Å². The van der Waals surface area contributed by atoms with Crippen LogP contribution in [0.4, 0.5) is 5.69 Å². The second kappa shape index (κ2) is 7.59. The Morgan fingerprint density at radius 3 is 2.55 bits per heavy atom. The SMILES string of the molecule is Cc1ccc(NC(=O)/C=N\OCC(=O)NC(C)(C)C)c(C)c1. The van der Waals surface area contributed by atoms with E-state index < -0.39 is 5.91 Å². The number of hydrogen-bond acceptors (Lipinski definition) is 4. The molecule has 22 heavy (non-hydrogen) atoms. The highest BCUT2D eigenvalue weighted by Crippen LogP contribution is 2.15. The molecule has 6 nitrogen and oxygen atoms in total. The fourth-order valence-electron chi connectivity index (χ4n) is 1.75. The Balaban J connectivity index is 2.40. The lowest BCUT2D eigenvalue weighted by atomic mass is 10.1. The van der Waals surface area contributed by atoms with Crippen molar-refractivity contribution in [3.8, 4) is 0 Å². The molecule has 1 aromatic rings. The van der Waals surface area contributed by atoms with E-state index in [1.54, 1.807) is 0 Å². The first-order chi connectivity index (χ1) is 10.2. The summed E-state index contributed by atoms with van der Waals surface area (Å²) in [5.74, 6) is -0.706. The number of nitrogens with zero attached hydrogens (tertiary/aromatic N) is 1. The number of rotatable bonds is 5. The zero-order valence-electron chi connectivity index (χ0n) is 13.7. The van der Waals surface area contributed by atoms with Gasteiger partial charge in [-0.15, -0.1) is 0 Å². The predicted molar refractivity (Wildman–Crippen MR) is 86.9 cm³/mol. The molecule has 0 aliphatic heterocycles. The fourth-order valence-corrected chi connectivity index (χ4v) is 1.75. The van der Waals surface area contributed by atoms with Crippen molar-refractivity contribution in [2.75, 3.05) is 11.9 Å². The van der Waals surface area contributed by atoms with Crippen LogP contribution in [-0.4, -0.2) is 30.2 Å². The van der Waals surface area contributed by atoms with Crippen molar-refractivity contribution < 1.29 is 14.4 Å². The van der Waals surface area contributed by atoms with Gasteiger partial charge in [0.15, 0.2) is 6.61 Å². The minimum atomic E-state index is -0.414. The van der Waals surface area contributed by atoms with Crippen molar-refractivity contribution >= 4 is 23.7 Å². The predicted octanol–water partition coefficient (Wildman–Crippen LogP) is 2.16. The molecule has 0 atom stereocenters. The highest BCUT2D eigenvalue weighted by molar-refractivity contribution is 6.31. The average Bonchev–Trinajstić information content (AvgIpc) is 2.36. The molecule has 0 bridgehead atoms. The van der Waals surface area contributed by atoms with Crippen LogP contribution in [0.25, 0.3) is 0 Å². The smallest absolute Gasteiger partial charge is 0.270 e. The topological polar surface area (TPSA) is 79.8 Å². The molecular formula is C16H23N3O3. The molecule has 0 aromatic heterocycles. The van der Waals surface area contributed by atoms with E-state index >= 15 is 0 Å². The van der Waals surface area contributed by atoms with Crippen molar-refractivity contribution in [1.29, 1.82) is 0 Å². The maximum atomic E-state index is 11.7. The first-order valence-electron chi connectivity index (χ1n) is 7.02. The van der Waals surface area contributed by atoms with Crippen molar-refractivity contribution in [3.63, 3.8) is 0 Å². The number of benzene rings is 1. The van der Waals surface area contributed by atoms with Gasteiger partial charge in [-0.3, -0.25) is 9.59 Å². The van der Waals surface area contributed by atoms with E-state index in [2.05, 4.69) is 15.8 Å². The van der Waals surface area contributed by atoms with Crippen LogP contribution < -0.4 is 10.6 Å². The van der Waals surface area contributed by atoms with Gasteiger partial charge in [0.05, 0.1) is 0 Å². The lowest BCUT2D eigenvalue weighted by Gasteiger charge is -2.19. The van der Waals surface area contributed by atoms with E-state index in [1.165, 1.54) is 0 Å². The molecule has 0 saturated carbocycles. The minimum absolute atomic E-state index is 0.232. The summed E-state index contributed by atoms with van der Waals surface area (Å²) >= 11 is 0. The Hall–Kier alpha value is -2.37. The zero-order valence-corrected chi connectivity index (χ0v) is 13.7. The third-order valence-electron chi connectivity index (χ3n) is 2.59. The van der Waals surface area contributed by atoms with Gasteiger partial charge >= 0.3 is 0 Å². The molecule has 0 spiro atoms. The van der Waals surface area contributed by atoms with Gasteiger partial charge in [-0.1, -0.05) is 22.9 Å². The molecule has 1 aromatic carbocycles. The molecule has 0 fully saturated rings. The number of anilines is 1. The Morgan fingerprint density at radius 1 is 1.27 bits per heavy atom. The second-order valence-corrected chi connectivity index (χ2v) is 6.11. The van der Waals surface area contributed by atoms with Crippen LogP contribution in [0.1, 0.15) is 31.9 Å². The van der Waals surface area contributed by atoms with Gasteiger partial charge in [-0.25, -0.2) is 0 Å². The molecule has 0 saturated heterocycles. The molecule has 1 rings (SSSR count). The van der Waals surface area contributed by atoms with E-state index in [0.29, 0.717) is 5.69 Å². The lowest BCUT2D eigenvalue weighted by Crippen LogP contribution is -2.42. The molecule has 120 valence electrons. The number of aryl methyl sites for hydroxylation is 2. The third-order valence-corrected chi connectivity index (χ3v) is 2.59. The molecule has 2 N–H and O–H groups in total. The Morgan fingerprint density at radius 2 is 1.95 bits per heavy atom. The summed E-state index contributed by atoms with van der Waals surface area (Å²) in [5, 5.41) is 8.90. The van der Waals surface area contributed by atoms with E-state index in [4.69, 9.17) is 4.84 Å². The summed E-state index contributed by atoms with van der Waals surface area (Å²) in [6.45, 7) is 9.26. The monoisotopic (exact) mass is 305 g/mol. The molecule has 0 heterocycles. The number of hydrogen-bond donors (Lipinski definition) is 2. The summed E-state index contributed by atoms with van der Waals surface area (Å²) in [6.07, 6.45) is 1.00. The first-order valence-corrected chi connectivity index (χ1v) is 7.02. The van der Waals surface area contributed by atoms with Gasteiger partial charge in [0.1, 0.15) is 6.21 Å². The highest BCUT2D eigenvalue weighted by Gasteiger charge is 2.13. The first kappa shape index (κ1) is 17.7. The quantitative estimate of drug-likeness (QED) is 0.646. The van der Waals surface area contributed by atoms with Crippen LogP contribution in [-0.2, 0) is 14.4 Å². The number of amides is 2. The van der Waals surface area contributed by atoms with Gasteiger partial charge in [-0.05, 0) is 46.2 Å². The number of carbonyl (C=O) groups is 2. The van der Waals surface area contributed by atoms with E-state index in [1.807, 2.05) is 52.8 Å². The highest BCUT2D eigenvalue weighted by atomic mass is 16.6. The van der Waals surface area contributed by atoms with E-state index in [-0.39, 0.29) is 18.1 Å². The Labute approximate surface area is 130 Å². The molecule has 2 amide bonds. The zero-order chi connectivity index (χ0) is 16.8. The van der Waals surface area contributed by atoms with Crippen molar-refractivity contribution in [1.82, 2.24) is 5.32 Å². The maximum Gasteiger partial charge on any atom is 0.270 e. The number of oxime groups is 1. The molecule has 6 heteroatoms. The van der Waals surface area contributed by atoms with Crippen LogP contribution in [0.15, 0.2) is 23.4 Å². The van der Waals surface area contributed by atoms with Crippen molar-refractivity contribution in [3.05, 3.63) is 29.3 Å². The van der Waals surface area contributed by atoms with Crippen molar-refractivity contribution in [2.24, 2.45) is 5.16 Å². The normalized spacial score (nSPS) is 11.3. The molecule has 0 aliphatic carbocycles. The molecule has 0 unspecified atom stereocenters. The Kier molecular flexibility index (Phi) is 6.10. The van der Waals surface area contributed by atoms with Crippen molar-refractivity contribution in [2.45, 2.75) is 40.2 Å². The lowest BCUT2D eigenvalue weighted by molar-refractivity contribution is -0.127. The average molecular weight is 305 g/mol. The van der Waals surface area contributed by atoms with Gasteiger partial charge < -0.3 is 15.5 Å². The van der Waals surface area contributed by atoms with Gasteiger partial charge in [0, 0.05) is 11.2 Å². The molecular weight excluding hydrogens is 282 g/mol.